The van der Waals surface area contributed by atoms with E-state index in [4.69, 9.17) is 0 Å². The molecular weight excluding hydrogens is 232 g/mol. The first-order chi connectivity index (χ1) is 8.74. The van der Waals surface area contributed by atoms with Crippen molar-refractivity contribution in [1.82, 2.24) is 5.32 Å². The molecule has 0 radical (unpaired) electrons. The minimum Gasteiger partial charge on any atom is -0.312 e. The fourth-order valence-corrected chi connectivity index (χ4v) is 3.71. The summed E-state index contributed by atoms with van der Waals surface area (Å²) in [6.07, 6.45) is 5.42. The molecule has 2 bridgehead atoms. The van der Waals surface area contributed by atoms with Gasteiger partial charge in [0, 0.05) is 12.1 Å². The first-order valence-corrected chi connectivity index (χ1v) is 6.87. The van der Waals surface area contributed by atoms with Gasteiger partial charge < -0.3 is 5.32 Å². The summed E-state index contributed by atoms with van der Waals surface area (Å²) in [5.41, 5.74) is 0.167. The predicted molar refractivity (Wildman–Crippen MR) is 67.0 cm³/mol. The second kappa shape index (κ2) is 4.96. The van der Waals surface area contributed by atoms with E-state index in [0.29, 0.717) is 6.54 Å². The number of fused-ring (bicyclic) bond motifs is 2. The summed E-state index contributed by atoms with van der Waals surface area (Å²) in [7, 11) is 0. The van der Waals surface area contributed by atoms with E-state index >= 15 is 0 Å². The normalized spacial score (nSPS) is 30.0. The number of halogens is 2. The van der Waals surface area contributed by atoms with Crippen LogP contribution in [0.2, 0.25) is 0 Å². The summed E-state index contributed by atoms with van der Waals surface area (Å²) in [5.74, 6) is 1.60. The van der Waals surface area contributed by atoms with Crippen LogP contribution in [0, 0.1) is 29.4 Å². The van der Waals surface area contributed by atoms with Gasteiger partial charge in [0.15, 0.2) is 0 Å². The minimum atomic E-state index is -0.449. The summed E-state index contributed by atoms with van der Waals surface area (Å²) in [5, 5.41) is 3.23. The highest BCUT2D eigenvalue weighted by Crippen LogP contribution is 2.47. The van der Waals surface area contributed by atoms with Crippen LogP contribution in [-0.4, -0.2) is 6.54 Å². The number of hydrogen-bond acceptors (Lipinski definition) is 1. The molecular formula is C15H19F2N. The molecule has 18 heavy (non-hydrogen) atoms. The van der Waals surface area contributed by atoms with Crippen molar-refractivity contribution >= 4 is 0 Å². The highest BCUT2D eigenvalue weighted by molar-refractivity contribution is 5.19. The third-order valence-corrected chi connectivity index (χ3v) is 4.65. The molecule has 2 fully saturated rings. The molecule has 0 heterocycles. The van der Waals surface area contributed by atoms with Crippen molar-refractivity contribution in [3.8, 4) is 0 Å². The summed E-state index contributed by atoms with van der Waals surface area (Å²) in [4.78, 5) is 0. The molecule has 0 amide bonds. The highest BCUT2D eigenvalue weighted by atomic mass is 19.1. The van der Waals surface area contributed by atoms with Crippen molar-refractivity contribution in [2.45, 2.75) is 32.2 Å². The SMILES string of the molecule is Fc1cccc(F)c1CNCC1CC2CCC1C2. The van der Waals surface area contributed by atoms with Crippen molar-refractivity contribution in [2.24, 2.45) is 17.8 Å². The fraction of sp³-hybridized carbons (Fsp3) is 0.600. The van der Waals surface area contributed by atoms with Gasteiger partial charge in [-0.2, -0.15) is 0 Å². The second-order valence-electron chi connectivity index (χ2n) is 5.77. The van der Waals surface area contributed by atoms with E-state index in [1.54, 1.807) is 0 Å². The number of nitrogens with one attached hydrogen (secondary N) is 1. The topological polar surface area (TPSA) is 12.0 Å². The lowest BCUT2D eigenvalue weighted by atomic mass is 9.89. The number of rotatable bonds is 4. The van der Waals surface area contributed by atoms with E-state index in [0.717, 1.165) is 24.3 Å². The van der Waals surface area contributed by atoms with E-state index in [1.807, 2.05) is 0 Å². The molecule has 3 heteroatoms. The van der Waals surface area contributed by atoms with E-state index in [9.17, 15) is 8.78 Å². The fourth-order valence-electron chi connectivity index (χ4n) is 3.71. The summed E-state index contributed by atoms with van der Waals surface area (Å²) < 4.78 is 26.8. The van der Waals surface area contributed by atoms with E-state index in [2.05, 4.69) is 5.32 Å². The Bertz CT molecular complexity index is 412. The van der Waals surface area contributed by atoms with Crippen LogP contribution in [0.1, 0.15) is 31.2 Å². The summed E-state index contributed by atoms with van der Waals surface area (Å²) in [6.45, 7) is 1.20. The number of benzene rings is 1. The lowest BCUT2D eigenvalue weighted by Gasteiger charge is -2.22. The quantitative estimate of drug-likeness (QED) is 0.863. The molecule has 0 aliphatic heterocycles. The van der Waals surface area contributed by atoms with Crippen LogP contribution in [0.3, 0.4) is 0 Å². The number of hydrogen-bond donors (Lipinski definition) is 1. The van der Waals surface area contributed by atoms with Gasteiger partial charge in [0.25, 0.3) is 0 Å². The molecule has 98 valence electrons. The third kappa shape index (κ3) is 2.28. The minimum absolute atomic E-state index is 0.167. The van der Waals surface area contributed by atoms with Crippen molar-refractivity contribution in [2.75, 3.05) is 6.54 Å². The second-order valence-corrected chi connectivity index (χ2v) is 5.77. The standard InChI is InChI=1S/C15H19F2N/c16-14-2-1-3-15(17)13(14)9-18-8-12-7-10-4-5-11(12)6-10/h1-3,10-12,18H,4-9H2. The van der Waals surface area contributed by atoms with Crippen LogP contribution in [-0.2, 0) is 6.54 Å². The molecule has 2 saturated carbocycles. The summed E-state index contributed by atoms with van der Waals surface area (Å²) >= 11 is 0. The molecule has 2 aliphatic rings. The Balaban J connectivity index is 1.53. The molecule has 3 atom stereocenters. The maximum atomic E-state index is 13.4. The average molecular weight is 251 g/mol. The van der Waals surface area contributed by atoms with Gasteiger partial charge in [0.1, 0.15) is 11.6 Å². The van der Waals surface area contributed by atoms with E-state index < -0.39 is 11.6 Å². The monoisotopic (exact) mass is 251 g/mol. The van der Waals surface area contributed by atoms with Crippen molar-refractivity contribution in [1.29, 1.82) is 0 Å². The molecule has 3 unspecified atom stereocenters. The van der Waals surface area contributed by atoms with Gasteiger partial charge in [-0.3, -0.25) is 0 Å². The first kappa shape index (κ1) is 12.1. The zero-order valence-electron chi connectivity index (χ0n) is 10.5. The Morgan fingerprint density at radius 2 is 1.89 bits per heavy atom. The van der Waals surface area contributed by atoms with Gasteiger partial charge in [0.05, 0.1) is 0 Å². The molecule has 0 saturated heterocycles. The maximum absolute atomic E-state index is 13.4. The van der Waals surface area contributed by atoms with Gasteiger partial charge >= 0.3 is 0 Å². The lowest BCUT2D eigenvalue weighted by molar-refractivity contribution is 0.317. The van der Waals surface area contributed by atoms with Crippen LogP contribution in [0.15, 0.2) is 18.2 Å². The molecule has 2 aliphatic carbocycles. The van der Waals surface area contributed by atoms with Gasteiger partial charge in [-0.25, -0.2) is 8.78 Å². The van der Waals surface area contributed by atoms with Crippen molar-refractivity contribution in [3.05, 3.63) is 35.4 Å². The van der Waals surface area contributed by atoms with Crippen LogP contribution in [0.25, 0.3) is 0 Å². The average Bonchev–Trinajstić information content (AvgIpc) is 2.95. The summed E-state index contributed by atoms with van der Waals surface area (Å²) in [6, 6.07) is 4.04. The lowest BCUT2D eigenvalue weighted by Crippen LogP contribution is -2.26. The van der Waals surface area contributed by atoms with Gasteiger partial charge in [-0.05, 0) is 55.7 Å². The van der Waals surface area contributed by atoms with E-state index in [-0.39, 0.29) is 5.56 Å². The van der Waals surface area contributed by atoms with E-state index in [1.165, 1.54) is 43.9 Å². The van der Waals surface area contributed by atoms with Gasteiger partial charge in [-0.15, -0.1) is 0 Å². The first-order valence-electron chi connectivity index (χ1n) is 6.87. The van der Waals surface area contributed by atoms with Crippen molar-refractivity contribution in [3.63, 3.8) is 0 Å². The molecule has 1 aromatic carbocycles. The Hall–Kier alpha value is -0.960. The van der Waals surface area contributed by atoms with Crippen LogP contribution < -0.4 is 5.32 Å². The highest BCUT2D eigenvalue weighted by Gasteiger charge is 2.38. The van der Waals surface area contributed by atoms with Gasteiger partial charge in [0.2, 0.25) is 0 Å². The zero-order valence-corrected chi connectivity index (χ0v) is 10.5. The smallest absolute Gasteiger partial charge is 0.130 e. The maximum Gasteiger partial charge on any atom is 0.130 e. The Morgan fingerprint density at radius 1 is 1.11 bits per heavy atom. The predicted octanol–water partition coefficient (Wildman–Crippen LogP) is 3.49. The molecule has 1 nitrogen and oxygen atoms in total. The molecule has 0 spiro atoms. The van der Waals surface area contributed by atoms with Crippen LogP contribution >= 0.6 is 0 Å². The molecule has 1 N–H and O–H groups in total. The third-order valence-electron chi connectivity index (χ3n) is 4.65. The molecule has 3 rings (SSSR count). The zero-order chi connectivity index (χ0) is 12.5. The van der Waals surface area contributed by atoms with Crippen LogP contribution in [0.5, 0.6) is 0 Å². The van der Waals surface area contributed by atoms with Crippen molar-refractivity contribution < 1.29 is 8.78 Å². The van der Waals surface area contributed by atoms with Gasteiger partial charge in [-0.1, -0.05) is 12.5 Å². The Labute approximate surface area is 107 Å². The molecule has 1 aromatic rings. The Kier molecular flexibility index (Phi) is 3.33. The largest absolute Gasteiger partial charge is 0.312 e. The Morgan fingerprint density at radius 3 is 2.50 bits per heavy atom. The van der Waals surface area contributed by atoms with Crippen LogP contribution in [0.4, 0.5) is 8.78 Å². The molecule has 0 aromatic heterocycles.